The first-order chi connectivity index (χ1) is 27.7. The maximum absolute atomic E-state index is 6.33. The molecule has 0 radical (unpaired) electrons. The summed E-state index contributed by atoms with van der Waals surface area (Å²) in [6.07, 6.45) is 5.42. The molecule has 0 bridgehead atoms. The van der Waals surface area contributed by atoms with Crippen LogP contribution in [0.25, 0.3) is 88.0 Å². The summed E-state index contributed by atoms with van der Waals surface area (Å²) >= 11 is 0. The van der Waals surface area contributed by atoms with Gasteiger partial charge < -0.3 is 9.32 Å². The first kappa shape index (κ1) is 31.9. The Labute approximate surface area is 322 Å². The number of fused-ring (bicyclic) bond motifs is 7. The summed E-state index contributed by atoms with van der Waals surface area (Å²) in [6.45, 7) is 0. The number of hydrogen-bond acceptors (Lipinski definition) is 5. The lowest BCUT2D eigenvalue weighted by Crippen LogP contribution is -2.09. The largest absolute Gasteiger partial charge is 0.454 e. The highest BCUT2D eigenvalue weighted by molar-refractivity contribution is 6.10. The molecule has 56 heavy (non-hydrogen) atoms. The molecule has 4 aromatic heterocycles. The summed E-state index contributed by atoms with van der Waals surface area (Å²) in [4.78, 5) is 16.5. The van der Waals surface area contributed by atoms with Crippen LogP contribution in [0.4, 0.5) is 17.1 Å². The average Bonchev–Trinajstić information content (AvgIpc) is 3.64. The number of aromatic nitrogens is 3. The summed E-state index contributed by atoms with van der Waals surface area (Å²) in [5.41, 5.74) is 11.8. The lowest BCUT2D eigenvalue weighted by molar-refractivity contribution is 0.667. The molecule has 0 atom stereocenters. The fourth-order valence-corrected chi connectivity index (χ4v) is 8.03. The molecule has 0 aliphatic rings. The SMILES string of the molecule is c1ccc(-c2ccc3c(ccc4cc(N(c5ccc(-c6cc7cccnc7c(-c7ccccc7)n6)cc5)c5ccc6c(c5)oc5cnccc56)ccc43)c2)cc1. The van der Waals surface area contributed by atoms with Gasteiger partial charge in [-0.2, -0.15) is 0 Å². The molecular formula is C51H32N4O. The van der Waals surface area contributed by atoms with Crippen LogP contribution in [0.2, 0.25) is 0 Å². The van der Waals surface area contributed by atoms with Crippen LogP contribution in [0, 0.1) is 0 Å². The molecule has 5 heteroatoms. The Hall–Kier alpha value is -7.63. The van der Waals surface area contributed by atoms with E-state index in [-0.39, 0.29) is 0 Å². The Kier molecular flexibility index (Phi) is 7.42. The van der Waals surface area contributed by atoms with Gasteiger partial charge in [0.25, 0.3) is 0 Å². The fourth-order valence-electron chi connectivity index (χ4n) is 8.03. The second-order valence-electron chi connectivity index (χ2n) is 14.1. The molecule has 5 nitrogen and oxygen atoms in total. The molecule has 0 unspecified atom stereocenters. The van der Waals surface area contributed by atoms with Crippen LogP contribution in [0.5, 0.6) is 0 Å². The number of benzene rings is 7. The Morgan fingerprint density at radius 1 is 0.411 bits per heavy atom. The normalized spacial score (nSPS) is 11.6. The minimum atomic E-state index is 0.775. The number of furan rings is 1. The standard InChI is InChI=1S/C51H32N4O/c1-3-8-33(9-4-1)36-17-22-43-37(28-36)13-14-38-29-41(20-23-44(38)43)55(42-21-24-45-46-25-27-52-32-49(46)56-48(45)31-42)40-18-15-34(16-19-40)47-30-39-12-7-26-53-50(39)51(54-47)35-10-5-2-6-11-35/h1-32H. The van der Waals surface area contributed by atoms with Crippen LogP contribution >= 0.6 is 0 Å². The monoisotopic (exact) mass is 716 g/mol. The van der Waals surface area contributed by atoms with Gasteiger partial charge in [-0.05, 0) is 93.3 Å². The van der Waals surface area contributed by atoms with Crippen LogP contribution in [-0.2, 0) is 0 Å². The third-order valence-corrected chi connectivity index (χ3v) is 10.8. The highest BCUT2D eigenvalue weighted by atomic mass is 16.3. The van der Waals surface area contributed by atoms with Crippen molar-refractivity contribution in [1.82, 2.24) is 15.0 Å². The molecule has 11 aromatic rings. The van der Waals surface area contributed by atoms with E-state index in [2.05, 4.69) is 155 Å². The molecule has 4 heterocycles. The number of nitrogens with zero attached hydrogens (tertiary/aromatic N) is 4. The summed E-state index contributed by atoms with van der Waals surface area (Å²) in [5, 5.41) is 8.00. The average molecular weight is 717 g/mol. The summed E-state index contributed by atoms with van der Waals surface area (Å²) in [6, 6.07) is 62.1. The predicted octanol–water partition coefficient (Wildman–Crippen LogP) is 13.7. The number of pyridine rings is 3. The molecule has 0 fully saturated rings. The van der Waals surface area contributed by atoms with Crippen LogP contribution < -0.4 is 4.90 Å². The third-order valence-electron chi connectivity index (χ3n) is 10.8. The van der Waals surface area contributed by atoms with Crippen molar-refractivity contribution in [2.75, 3.05) is 4.90 Å². The maximum atomic E-state index is 6.33. The van der Waals surface area contributed by atoms with Gasteiger partial charge >= 0.3 is 0 Å². The molecule has 11 rings (SSSR count). The van der Waals surface area contributed by atoms with E-state index in [1.807, 2.05) is 42.7 Å². The molecule has 0 amide bonds. The summed E-state index contributed by atoms with van der Waals surface area (Å²) in [7, 11) is 0. The van der Waals surface area contributed by atoms with Gasteiger partial charge in [0, 0.05) is 62.8 Å². The fraction of sp³-hybridized carbons (Fsp3) is 0. The Morgan fingerprint density at radius 2 is 1.07 bits per heavy atom. The Balaban J connectivity index is 1.04. The van der Waals surface area contributed by atoms with Gasteiger partial charge in [0.2, 0.25) is 0 Å². The van der Waals surface area contributed by atoms with Crippen molar-refractivity contribution in [3.63, 3.8) is 0 Å². The van der Waals surface area contributed by atoms with Gasteiger partial charge in [0.15, 0.2) is 5.58 Å². The molecule has 0 aliphatic heterocycles. The summed E-state index contributed by atoms with van der Waals surface area (Å²) in [5.74, 6) is 0. The van der Waals surface area contributed by atoms with Crippen LogP contribution in [0.15, 0.2) is 199 Å². The van der Waals surface area contributed by atoms with Gasteiger partial charge in [0.1, 0.15) is 5.58 Å². The van der Waals surface area contributed by atoms with E-state index in [0.717, 1.165) is 72.4 Å². The predicted molar refractivity (Wildman–Crippen MR) is 231 cm³/mol. The second kappa shape index (κ2) is 13.0. The third kappa shape index (κ3) is 5.45. The van der Waals surface area contributed by atoms with E-state index in [1.165, 1.54) is 32.7 Å². The smallest absolute Gasteiger partial charge is 0.153 e. The van der Waals surface area contributed by atoms with Crippen molar-refractivity contribution in [3.8, 4) is 33.6 Å². The highest BCUT2D eigenvalue weighted by Crippen LogP contribution is 2.41. The highest BCUT2D eigenvalue weighted by Gasteiger charge is 2.18. The number of hydrogen-bond donors (Lipinski definition) is 0. The maximum Gasteiger partial charge on any atom is 0.153 e. The van der Waals surface area contributed by atoms with E-state index >= 15 is 0 Å². The van der Waals surface area contributed by atoms with E-state index in [1.54, 1.807) is 6.20 Å². The first-order valence-electron chi connectivity index (χ1n) is 18.7. The van der Waals surface area contributed by atoms with Crippen molar-refractivity contribution >= 4 is 71.4 Å². The molecular weight excluding hydrogens is 685 g/mol. The lowest BCUT2D eigenvalue weighted by atomic mass is 9.97. The minimum Gasteiger partial charge on any atom is -0.454 e. The lowest BCUT2D eigenvalue weighted by Gasteiger charge is -2.26. The second-order valence-corrected chi connectivity index (χ2v) is 14.1. The number of rotatable bonds is 6. The summed E-state index contributed by atoms with van der Waals surface area (Å²) < 4.78 is 6.33. The topological polar surface area (TPSA) is 55.1 Å². The molecule has 0 saturated carbocycles. The van der Waals surface area contributed by atoms with Crippen LogP contribution in [-0.4, -0.2) is 15.0 Å². The van der Waals surface area contributed by atoms with Gasteiger partial charge in [-0.25, -0.2) is 4.98 Å². The van der Waals surface area contributed by atoms with E-state index in [9.17, 15) is 0 Å². The zero-order valence-corrected chi connectivity index (χ0v) is 30.2. The Morgan fingerprint density at radius 3 is 1.88 bits per heavy atom. The zero-order chi connectivity index (χ0) is 37.0. The Bertz CT molecular complexity index is 3250. The van der Waals surface area contributed by atoms with Gasteiger partial charge in [0.05, 0.1) is 23.1 Å². The molecule has 0 aliphatic carbocycles. The minimum absolute atomic E-state index is 0.775. The first-order valence-corrected chi connectivity index (χ1v) is 18.7. The molecule has 262 valence electrons. The van der Waals surface area contributed by atoms with Crippen LogP contribution in [0.3, 0.4) is 0 Å². The van der Waals surface area contributed by atoms with Gasteiger partial charge in [-0.15, -0.1) is 0 Å². The van der Waals surface area contributed by atoms with E-state index < -0.39 is 0 Å². The molecule has 0 N–H and O–H groups in total. The van der Waals surface area contributed by atoms with Crippen molar-refractivity contribution < 1.29 is 4.42 Å². The molecule has 0 saturated heterocycles. The molecule has 7 aromatic carbocycles. The van der Waals surface area contributed by atoms with E-state index in [0.29, 0.717) is 0 Å². The van der Waals surface area contributed by atoms with Gasteiger partial charge in [-0.3, -0.25) is 9.97 Å². The quantitative estimate of drug-likeness (QED) is 0.160. The van der Waals surface area contributed by atoms with Crippen LogP contribution in [0.1, 0.15) is 0 Å². The van der Waals surface area contributed by atoms with Crippen molar-refractivity contribution in [1.29, 1.82) is 0 Å². The number of anilines is 3. The van der Waals surface area contributed by atoms with Gasteiger partial charge in [-0.1, -0.05) is 109 Å². The van der Waals surface area contributed by atoms with Crippen molar-refractivity contribution in [2.24, 2.45) is 0 Å². The van der Waals surface area contributed by atoms with E-state index in [4.69, 9.17) is 14.4 Å². The molecule has 0 spiro atoms. The zero-order valence-electron chi connectivity index (χ0n) is 30.2. The van der Waals surface area contributed by atoms with Crippen molar-refractivity contribution in [2.45, 2.75) is 0 Å². The van der Waals surface area contributed by atoms with Crippen molar-refractivity contribution in [3.05, 3.63) is 195 Å².